The molecule has 0 saturated heterocycles. The van der Waals surface area contributed by atoms with Crippen LogP contribution in [0.5, 0.6) is 0 Å². The van der Waals surface area contributed by atoms with Gasteiger partial charge in [-0.2, -0.15) is 13.2 Å². The molecule has 0 unspecified atom stereocenters. The molecule has 0 N–H and O–H groups in total. The summed E-state index contributed by atoms with van der Waals surface area (Å²) in [5, 5.41) is 0. The Morgan fingerprint density at radius 1 is 1.36 bits per heavy atom. The number of halogens is 3. The Kier molecular flexibility index (Phi) is 2.99. The summed E-state index contributed by atoms with van der Waals surface area (Å²) in [6.45, 7) is 5.01. The molecule has 0 spiro atoms. The van der Waals surface area contributed by atoms with E-state index in [2.05, 4.69) is 12.7 Å². The minimum atomic E-state index is -4.29. The summed E-state index contributed by atoms with van der Waals surface area (Å²) in [4.78, 5) is 0. The molecule has 0 bridgehead atoms. The summed E-state index contributed by atoms with van der Waals surface area (Å²) < 4.78 is 37.5. The number of rotatable bonds is 2. The molecule has 1 aromatic carbocycles. The molecular formula is C11H10F3. The van der Waals surface area contributed by atoms with Gasteiger partial charge < -0.3 is 0 Å². The van der Waals surface area contributed by atoms with Crippen molar-refractivity contribution in [1.29, 1.82) is 0 Å². The second-order valence-electron chi connectivity index (χ2n) is 2.90. The van der Waals surface area contributed by atoms with E-state index < -0.39 is 11.7 Å². The van der Waals surface area contributed by atoms with Crippen LogP contribution in [0.15, 0.2) is 24.8 Å². The van der Waals surface area contributed by atoms with Crippen molar-refractivity contribution in [3.63, 3.8) is 0 Å². The number of hydrogen-bond acceptors (Lipinski definition) is 0. The highest BCUT2D eigenvalue weighted by molar-refractivity contribution is 5.36. The van der Waals surface area contributed by atoms with Gasteiger partial charge >= 0.3 is 6.18 Å². The lowest BCUT2D eigenvalue weighted by molar-refractivity contribution is -0.138. The molecule has 1 radical (unpaired) electrons. The summed E-state index contributed by atoms with van der Waals surface area (Å²) in [6, 6.07) is 4.13. The Morgan fingerprint density at radius 3 is 2.43 bits per heavy atom. The molecule has 0 aliphatic carbocycles. The molecule has 0 nitrogen and oxygen atoms in total. The van der Waals surface area contributed by atoms with Gasteiger partial charge in [-0.15, -0.1) is 0 Å². The normalized spacial score (nSPS) is 11.4. The molecule has 0 fully saturated rings. The second kappa shape index (κ2) is 3.86. The van der Waals surface area contributed by atoms with Crippen molar-refractivity contribution in [2.45, 2.75) is 19.5 Å². The number of benzene rings is 1. The van der Waals surface area contributed by atoms with Crippen molar-refractivity contribution in [3.8, 4) is 0 Å². The predicted molar refractivity (Wildman–Crippen MR) is 48.8 cm³/mol. The van der Waals surface area contributed by atoms with Gasteiger partial charge in [0.15, 0.2) is 0 Å². The Bertz CT molecular complexity index is 337. The lowest BCUT2D eigenvalue weighted by atomic mass is 10.0. The van der Waals surface area contributed by atoms with Gasteiger partial charge in [0.2, 0.25) is 0 Å². The zero-order chi connectivity index (χ0) is 10.8. The summed E-state index contributed by atoms with van der Waals surface area (Å²) in [5.41, 5.74) is 0.0830. The van der Waals surface area contributed by atoms with Gasteiger partial charge in [-0.05, 0) is 29.7 Å². The predicted octanol–water partition coefficient (Wildman–Crippen LogP) is 3.61. The van der Waals surface area contributed by atoms with Crippen LogP contribution in [0.3, 0.4) is 0 Å². The Hall–Kier alpha value is -1.25. The molecule has 0 aromatic heterocycles. The van der Waals surface area contributed by atoms with E-state index in [-0.39, 0.29) is 0 Å². The number of hydrogen-bond donors (Lipinski definition) is 0. The van der Waals surface area contributed by atoms with Crippen LogP contribution >= 0.6 is 0 Å². The maximum atomic E-state index is 12.5. The summed E-state index contributed by atoms with van der Waals surface area (Å²) >= 11 is 0. The third-order valence-corrected chi connectivity index (χ3v) is 2.00. The minimum absolute atomic E-state index is 0.302. The van der Waals surface area contributed by atoms with Crippen LogP contribution in [0, 0.1) is 6.08 Å². The molecule has 0 amide bonds. The fourth-order valence-corrected chi connectivity index (χ4v) is 1.26. The average Bonchev–Trinajstić information content (AvgIpc) is 2.15. The molecule has 3 heteroatoms. The molecule has 75 valence electrons. The van der Waals surface area contributed by atoms with Crippen LogP contribution in [-0.4, -0.2) is 0 Å². The second-order valence-corrected chi connectivity index (χ2v) is 2.90. The molecule has 1 rings (SSSR count). The molecule has 1 aromatic rings. The van der Waals surface area contributed by atoms with Gasteiger partial charge in [-0.3, -0.25) is 0 Å². The molecule has 14 heavy (non-hydrogen) atoms. The van der Waals surface area contributed by atoms with E-state index in [0.717, 1.165) is 6.07 Å². The van der Waals surface area contributed by atoms with Crippen LogP contribution in [0.4, 0.5) is 13.2 Å². The first-order valence-electron chi connectivity index (χ1n) is 4.22. The van der Waals surface area contributed by atoms with E-state index >= 15 is 0 Å². The first kappa shape index (κ1) is 10.8. The van der Waals surface area contributed by atoms with Gasteiger partial charge in [-0.25, -0.2) is 0 Å². The van der Waals surface area contributed by atoms with E-state index in [1.807, 2.05) is 0 Å². The Morgan fingerprint density at radius 2 is 2.00 bits per heavy atom. The first-order valence-corrected chi connectivity index (χ1v) is 4.22. The molecular weight excluding hydrogens is 189 g/mol. The molecule has 0 atom stereocenters. The summed E-state index contributed by atoms with van der Waals surface area (Å²) in [6.07, 6.45) is -1.49. The quantitative estimate of drug-likeness (QED) is 0.682. The largest absolute Gasteiger partial charge is 0.416 e. The van der Waals surface area contributed by atoms with Crippen LogP contribution in [0.25, 0.3) is 0 Å². The topological polar surface area (TPSA) is 0 Å². The van der Waals surface area contributed by atoms with Crippen LogP contribution in [0.1, 0.15) is 23.6 Å². The standard InChI is InChI=1S/C11H10F3/c1-3-8-5-6-9(4-2)10(7-8)11(12,13)14/h5-7H,1,4H2,2H3. The summed E-state index contributed by atoms with van der Waals surface area (Å²) in [7, 11) is 0. The summed E-state index contributed by atoms with van der Waals surface area (Å²) in [5.74, 6) is 0. The van der Waals surface area contributed by atoms with Crippen LogP contribution < -0.4 is 0 Å². The van der Waals surface area contributed by atoms with Crippen LogP contribution in [0.2, 0.25) is 0 Å². The van der Waals surface area contributed by atoms with Gasteiger partial charge in [0, 0.05) is 0 Å². The maximum absolute atomic E-state index is 12.5. The van der Waals surface area contributed by atoms with Gasteiger partial charge in [0.05, 0.1) is 5.56 Å². The minimum Gasteiger partial charge on any atom is -0.166 e. The van der Waals surface area contributed by atoms with E-state index in [9.17, 15) is 13.2 Å². The third-order valence-electron chi connectivity index (χ3n) is 2.00. The van der Waals surface area contributed by atoms with E-state index in [1.165, 1.54) is 6.07 Å². The highest BCUT2D eigenvalue weighted by Gasteiger charge is 2.32. The average molecular weight is 199 g/mol. The van der Waals surface area contributed by atoms with Crippen molar-refractivity contribution in [3.05, 3.63) is 47.5 Å². The van der Waals surface area contributed by atoms with E-state index in [1.54, 1.807) is 13.0 Å². The van der Waals surface area contributed by atoms with Crippen molar-refractivity contribution >= 4 is 0 Å². The molecule has 0 saturated carbocycles. The number of aryl methyl sites for hydroxylation is 1. The molecule has 0 heterocycles. The fraction of sp³-hybridized carbons (Fsp3) is 0.273. The van der Waals surface area contributed by atoms with Gasteiger partial charge in [-0.1, -0.05) is 25.6 Å². The van der Waals surface area contributed by atoms with Crippen LogP contribution in [-0.2, 0) is 12.6 Å². The van der Waals surface area contributed by atoms with Gasteiger partial charge in [0.1, 0.15) is 0 Å². The zero-order valence-corrected chi connectivity index (χ0v) is 7.78. The highest BCUT2D eigenvalue weighted by atomic mass is 19.4. The molecule has 0 aliphatic rings. The lowest BCUT2D eigenvalue weighted by Gasteiger charge is -2.12. The fourth-order valence-electron chi connectivity index (χ4n) is 1.26. The third kappa shape index (κ3) is 2.16. The smallest absolute Gasteiger partial charge is 0.166 e. The van der Waals surface area contributed by atoms with Crippen molar-refractivity contribution in [2.75, 3.05) is 0 Å². The van der Waals surface area contributed by atoms with Crippen molar-refractivity contribution in [1.82, 2.24) is 0 Å². The number of alkyl halides is 3. The Balaban J connectivity index is 3.29. The van der Waals surface area contributed by atoms with E-state index in [4.69, 9.17) is 0 Å². The van der Waals surface area contributed by atoms with Gasteiger partial charge in [0.25, 0.3) is 0 Å². The van der Waals surface area contributed by atoms with Crippen molar-refractivity contribution in [2.24, 2.45) is 0 Å². The van der Waals surface area contributed by atoms with E-state index in [0.29, 0.717) is 17.5 Å². The lowest BCUT2D eigenvalue weighted by Crippen LogP contribution is -2.09. The maximum Gasteiger partial charge on any atom is 0.416 e. The Labute approximate surface area is 81.1 Å². The molecule has 0 aliphatic heterocycles. The highest BCUT2D eigenvalue weighted by Crippen LogP contribution is 2.32. The first-order chi connectivity index (χ1) is 6.49. The monoisotopic (exact) mass is 199 g/mol. The SMILES string of the molecule is C=[C]c1ccc(CC)c(C(F)(F)F)c1. The zero-order valence-electron chi connectivity index (χ0n) is 7.78. The van der Waals surface area contributed by atoms with Crippen molar-refractivity contribution < 1.29 is 13.2 Å².